The first kappa shape index (κ1) is 40.0. The lowest BCUT2D eigenvalue weighted by Gasteiger charge is -2.39. The molecule has 0 radical (unpaired) electrons. The molecule has 0 aromatic heterocycles. The lowest BCUT2D eigenvalue weighted by Crippen LogP contribution is -2.30. The van der Waals surface area contributed by atoms with Gasteiger partial charge in [0.15, 0.2) is 0 Å². The minimum absolute atomic E-state index is 0.326. The minimum atomic E-state index is 0.326. The van der Waals surface area contributed by atoms with Gasteiger partial charge in [-0.05, 0) is 278 Å². The van der Waals surface area contributed by atoms with Gasteiger partial charge < -0.3 is 0 Å². The van der Waals surface area contributed by atoms with E-state index in [2.05, 4.69) is 134 Å². The van der Waals surface area contributed by atoms with E-state index < -0.39 is 0 Å². The van der Waals surface area contributed by atoms with Gasteiger partial charge in [-0.15, -0.1) is 0 Å². The number of hydrogen-bond acceptors (Lipinski definition) is 0. The molecule has 0 nitrogen and oxygen atoms in total. The highest BCUT2D eigenvalue weighted by molar-refractivity contribution is 6.13. The van der Waals surface area contributed by atoms with Crippen LogP contribution in [0.25, 0.3) is 44.8 Å². The van der Waals surface area contributed by atoms with Gasteiger partial charge in [-0.2, -0.15) is 0 Å². The van der Waals surface area contributed by atoms with Crippen molar-refractivity contribution < 1.29 is 0 Å². The Labute approximate surface area is 403 Å². The van der Waals surface area contributed by atoms with Crippen molar-refractivity contribution in [2.24, 2.45) is 17.8 Å². The number of fused-ring (bicyclic) bond motifs is 5. The average Bonchev–Trinajstić information content (AvgIpc) is 3.40. The maximum absolute atomic E-state index is 2.82. The Morgan fingerprint density at radius 1 is 0.456 bits per heavy atom. The van der Waals surface area contributed by atoms with Crippen LogP contribution in [0.1, 0.15) is 142 Å². The van der Waals surface area contributed by atoms with Crippen molar-refractivity contribution in [1.29, 1.82) is 0 Å². The third-order valence-electron chi connectivity index (χ3n) is 18.7. The number of allylic oxidation sites excluding steroid dienone is 24. The predicted molar refractivity (Wildman–Crippen MR) is 286 cm³/mol. The van der Waals surface area contributed by atoms with Crippen molar-refractivity contribution in [3.8, 4) is 0 Å². The summed E-state index contributed by atoms with van der Waals surface area (Å²) < 4.78 is 0. The summed E-state index contributed by atoms with van der Waals surface area (Å²) in [6, 6.07) is 20.3. The largest absolute Gasteiger partial charge is 0.0839 e. The molecule has 0 N–H and O–H groups in total. The van der Waals surface area contributed by atoms with Gasteiger partial charge in [-0.3, -0.25) is 0 Å². The van der Waals surface area contributed by atoms with Crippen LogP contribution in [0.2, 0.25) is 0 Å². The van der Waals surface area contributed by atoms with E-state index in [1.807, 2.05) is 0 Å². The highest BCUT2D eigenvalue weighted by Gasteiger charge is 2.37. The van der Waals surface area contributed by atoms with Gasteiger partial charge in [-0.1, -0.05) is 115 Å². The van der Waals surface area contributed by atoms with E-state index in [-0.39, 0.29) is 0 Å². The topological polar surface area (TPSA) is 0 Å². The fourth-order valence-corrected chi connectivity index (χ4v) is 15.8. The van der Waals surface area contributed by atoms with Crippen molar-refractivity contribution in [1.82, 2.24) is 0 Å². The van der Waals surface area contributed by atoms with Gasteiger partial charge in [0.1, 0.15) is 0 Å². The smallest absolute Gasteiger partial charge is 0.0136 e. The van der Waals surface area contributed by atoms with E-state index in [0.29, 0.717) is 23.7 Å². The summed E-state index contributed by atoms with van der Waals surface area (Å²) in [5.74, 6) is 1.66. The number of hydrogen-bond donors (Lipinski definition) is 0. The quantitative estimate of drug-likeness (QED) is 0.179. The lowest BCUT2D eigenvalue weighted by atomic mass is 9.65. The van der Waals surface area contributed by atoms with Crippen LogP contribution in [0, 0.1) is 17.8 Å². The van der Waals surface area contributed by atoms with Crippen molar-refractivity contribution in [2.45, 2.75) is 121 Å². The molecule has 0 saturated heterocycles. The molecule has 0 saturated carbocycles. The zero-order valence-corrected chi connectivity index (χ0v) is 39.7. The summed E-state index contributed by atoms with van der Waals surface area (Å²) >= 11 is 0. The van der Waals surface area contributed by atoms with Crippen LogP contribution in [0.3, 0.4) is 0 Å². The number of benzene rings is 4. The molecule has 0 aliphatic heterocycles. The average molecular weight is 879 g/mol. The second-order valence-corrected chi connectivity index (χ2v) is 22.2. The van der Waals surface area contributed by atoms with E-state index in [1.54, 1.807) is 83.2 Å². The van der Waals surface area contributed by atoms with Gasteiger partial charge in [0.2, 0.25) is 0 Å². The van der Waals surface area contributed by atoms with Gasteiger partial charge in [0.05, 0.1) is 0 Å². The Morgan fingerprint density at radius 2 is 1.10 bits per heavy atom. The Bertz CT molecular complexity index is 3500. The Morgan fingerprint density at radius 3 is 1.94 bits per heavy atom. The molecule has 15 rings (SSSR count). The summed E-state index contributed by atoms with van der Waals surface area (Å²) in [6.45, 7) is 0. The summed E-state index contributed by atoms with van der Waals surface area (Å²) in [7, 11) is 0. The highest BCUT2D eigenvalue weighted by Crippen LogP contribution is 2.51. The molecule has 0 bridgehead atoms. The second-order valence-electron chi connectivity index (χ2n) is 22.2. The van der Waals surface area contributed by atoms with Crippen molar-refractivity contribution in [3.63, 3.8) is 0 Å². The van der Waals surface area contributed by atoms with Crippen LogP contribution < -0.4 is 10.4 Å². The van der Waals surface area contributed by atoms with Crippen LogP contribution in [-0.2, 0) is 12.8 Å². The SMILES string of the molecule is C1=CC2=C(CC1)C(c1cc3c4c(c5c6c(cc(C7CC8=C(CCC=C8)c8ccccc87)cc6c4c1)=CC(C1=CCCC4=C1CCC=C4)C5)CC(C1CC4=C(CCC=C4)C4=C1C=CCC4)C=3)=CCC2. The van der Waals surface area contributed by atoms with Gasteiger partial charge in [-0.25, -0.2) is 0 Å². The number of rotatable bonds is 4. The molecule has 0 fully saturated rings. The van der Waals surface area contributed by atoms with Crippen molar-refractivity contribution in [2.75, 3.05) is 0 Å². The van der Waals surface area contributed by atoms with Crippen LogP contribution in [-0.4, -0.2) is 0 Å². The normalized spacial score (nSPS) is 26.5. The standard InChI is InChI=1S/C68H62/c1-5-21-51-41(15-1)19-13-29-55(51)45-31-49-33-47(61-35-43-17-3-7-23-53(43)57-25-9-11-27-59(57)61)40-66-64-38-46(56-30-14-20-42-16-2-6-22-52(42)56)32-50-34-48(39-65(68(50)64)63(37-45)67(49)66)62-36-44-18-4-8-24-54(44)58-26-10-12-28-60(58)62/h1-4,9,11-12,15-18,25,27-34,38,40,45,48,61-62H,5-8,10,13-14,19-24,26,35-37,39H2. The molecular formula is C68H62. The van der Waals surface area contributed by atoms with Gasteiger partial charge >= 0.3 is 0 Å². The van der Waals surface area contributed by atoms with E-state index in [0.717, 1.165) is 64.2 Å². The molecule has 11 aliphatic carbocycles. The Kier molecular flexibility index (Phi) is 9.27. The highest BCUT2D eigenvalue weighted by atomic mass is 14.4. The van der Waals surface area contributed by atoms with Crippen LogP contribution in [0.5, 0.6) is 0 Å². The van der Waals surface area contributed by atoms with E-state index in [4.69, 9.17) is 0 Å². The molecule has 68 heavy (non-hydrogen) atoms. The fourth-order valence-electron chi connectivity index (χ4n) is 15.8. The van der Waals surface area contributed by atoms with Crippen LogP contribution in [0.4, 0.5) is 0 Å². The maximum Gasteiger partial charge on any atom is 0.0136 e. The molecule has 0 spiro atoms. The molecular weight excluding hydrogens is 817 g/mol. The van der Waals surface area contributed by atoms with Crippen molar-refractivity contribution in [3.05, 3.63) is 221 Å². The molecule has 0 heteroatoms. The molecule has 0 amide bonds. The predicted octanol–water partition coefficient (Wildman–Crippen LogP) is 16.0. The van der Waals surface area contributed by atoms with Crippen molar-refractivity contribution >= 4 is 44.8 Å². The molecule has 4 aromatic carbocycles. The zero-order chi connectivity index (χ0) is 44.5. The first-order chi connectivity index (χ1) is 33.7. The minimum Gasteiger partial charge on any atom is -0.0839 e. The Hall–Kier alpha value is -5.98. The first-order valence-electron chi connectivity index (χ1n) is 26.9. The molecule has 334 valence electrons. The van der Waals surface area contributed by atoms with E-state index in [1.165, 1.54) is 100 Å². The Balaban J connectivity index is 1.00. The summed E-state index contributed by atoms with van der Waals surface area (Å²) in [6.07, 6.45) is 56.5. The monoisotopic (exact) mass is 878 g/mol. The fraction of sp³-hybridized carbons (Fsp3) is 0.324. The second kappa shape index (κ2) is 15.8. The van der Waals surface area contributed by atoms with Gasteiger partial charge in [0.25, 0.3) is 0 Å². The van der Waals surface area contributed by atoms with Crippen LogP contribution in [0.15, 0.2) is 177 Å². The van der Waals surface area contributed by atoms with E-state index >= 15 is 0 Å². The van der Waals surface area contributed by atoms with Crippen LogP contribution >= 0.6 is 0 Å². The maximum atomic E-state index is 2.82. The summed E-state index contributed by atoms with van der Waals surface area (Å²) in [4.78, 5) is 0. The van der Waals surface area contributed by atoms with Gasteiger partial charge in [0, 0.05) is 11.8 Å². The molecule has 11 aliphatic rings. The molecule has 4 unspecified atom stereocenters. The third-order valence-corrected chi connectivity index (χ3v) is 18.7. The zero-order valence-electron chi connectivity index (χ0n) is 39.7. The molecule has 0 heterocycles. The lowest BCUT2D eigenvalue weighted by molar-refractivity contribution is 0.458. The molecule has 4 atom stereocenters. The summed E-state index contributed by atoms with van der Waals surface area (Å²) in [5, 5.41) is 9.12. The summed E-state index contributed by atoms with van der Waals surface area (Å²) in [5.41, 5.74) is 28.8. The third kappa shape index (κ3) is 6.17. The van der Waals surface area contributed by atoms with E-state index in [9.17, 15) is 0 Å². The first-order valence-corrected chi connectivity index (χ1v) is 26.9. The molecule has 4 aromatic rings.